The molecule has 126 valence electrons. The van der Waals surface area contributed by atoms with Crippen molar-refractivity contribution in [3.05, 3.63) is 48.0 Å². The summed E-state index contributed by atoms with van der Waals surface area (Å²) in [5.41, 5.74) is 0.399. The molecule has 0 saturated carbocycles. The average Bonchev–Trinajstić information content (AvgIpc) is 3.23. The Hall–Kier alpha value is -2.14. The van der Waals surface area contributed by atoms with Crippen LogP contribution in [0.1, 0.15) is 25.5 Å². The minimum atomic E-state index is -0.678. The van der Waals surface area contributed by atoms with Gasteiger partial charge in [0.2, 0.25) is 5.91 Å². The second kappa shape index (κ2) is 5.45. The number of hydrogen-bond acceptors (Lipinski definition) is 4. The van der Waals surface area contributed by atoms with E-state index in [-0.39, 0.29) is 24.0 Å². The quantitative estimate of drug-likeness (QED) is 0.628. The van der Waals surface area contributed by atoms with Crippen LogP contribution in [0.2, 0.25) is 0 Å². The number of benzene rings is 1. The Kier molecular flexibility index (Phi) is 3.49. The molecule has 1 aromatic rings. The molecule has 0 aromatic heterocycles. The number of fused-ring (bicyclic) bond motifs is 1. The summed E-state index contributed by atoms with van der Waals surface area (Å²) >= 11 is 0. The van der Waals surface area contributed by atoms with Crippen molar-refractivity contribution in [1.82, 2.24) is 4.90 Å². The molecule has 24 heavy (non-hydrogen) atoms. The van der Waals surface area contributed by atoms with Crippen LogP contribution in [-0.2, 0) is 19.1 Å². The number of rotatable bonds is 4. The molecule has 1 spiro atoms. The average molecular weight is 327 g/mol. The lowest BCUT2D eigenvalue weighted by Gasteiger charge is -2.27. The Morgan fingerprint density at radius 3 is 2.88 bits per heavy atom. The summed E-state index contributed by atoms with van der Waals surface area (Å²) < 4.78 is 11.3. The Labute approximate surface area is 141 Å². The van der Waals surface area contributed by atoms with Crippen LogP contribution in [0.4, 0.5) is 0 Å². The van der Waals surface area contributed by atoms with E-state index in [1.54, 1.807) is 6.92 Å². The molecule has 5 heteroatoms. The summed E-state index contributed by atoms with van der Waals surface area (Å²) in [6.45, 7) is 4.58. The molecule has 0 aliphatic carbocycles. The first-order valence-electron chi connectivity index (χ1n) is 8.46. The fraction of sp³-hybridized carbons (Fsp3) is 0.474. The molecule has 2 bridgehead atoms. The van der Waals surface area contributed by atoms with Gasteiger partial charge in [0.1, 0.15) is 11.5 Å². The molecule has 2 fully saturated rings. The maximum absolute atomic E-state index is 13.1. The molecule has 0 N–H and O–H groups in total. The van der Waals surface area contributed by atoms with Crippen LogP contribution in [-0.4, -0.2) is 41.6 Å². The van der Waals surface area contributed by atoms with E-state index < -0.39 is 17.4 Å². The number of ether oxygens (including phenoxy) is 2. The number of nitrogens with zero attached hydrogens (tertiary/aromatic N) is 1. The van der Waals surface area contributed by atoms with E-state index in [4.69, 9.17) is 9.47 Å². The molecule has 1 aromatic carbocycles. The third-order valence-electron chi connectivity index (χ3n) is 5.44. The maximum Gasteiger partial charge on any atom is 0.312 e. The van der Waals surface area contributed by atoms with Gasteiger partial charge < -0.3 is 14.4 Å². The van der Waals surface area contributed by atoms with Crippen molar-refractivity contribution in [2.24, 2.45) is 11.8 Å². The van der Waals surface area contributed by atoms with Gasteiger partial charge in [-0.3, -0.25) is 9.59 Å². The fourth-order valence-electron chi connectivity index (χ4n) is 4.27. The monoisotopic (exact) mass is 327 g/mol. The summed E-state index contributed by atoms with van der Waals surface area (Å²) in [6.07, 6.45) is 3.53. The molecule has 5 nitrogen and oxygen atoms in total. The van der Waals surface area contributed by atoms with Crippen LogP contribution in [0, 0.1) is 11.8 Å². The molecular formula is C19H21NO4. The predicted octanol–water partition coefficient (Wildman–Crippen LogP) is 2.09. The minimum absolute atomic E-state index is 0.0174. The van der Waals surface area contributed by atoms with Gasteiger partial charge >= 0.3 is 5.97 Å². The zero-order valence-corrected chi connectivity index (χ0v) is 13.8. The summed E-state index contributed by atoms with van der Waals surface area (Å²) in [5, 5.41) is 0. The van der Waals surface area contributed by atoms with E-state index in [2.05, 4.69) is 0 Å². The number of esters is 1. The lowest BCUT2D eigenvalue weighted by Crippen LogP contribution is -2.40. The maximum atomic E-state index is 13.1. The Balaban J connectivity index is 1.64. The standard InChI is InChI=1S/C19H21NO4/c1-3-23-18(22)15-14-9-10-19(24-14)11-20(17(21)16(15)19)12(2)13-7-5-4-6-8-13/h4-10,12,14-16H,3,11H2,1-2H3/t12?,14-,15+,16-,19?/m1/s1. The number of likely N-dealkylation sites (tertiary alicyclic amines) is 1. The molecule has 5 atom stereocenters. The zero-order chi connectivity index (χ0) is 16.9. The first kappa shape index (κ1) is 15.4. The third kappa shape index (κ3) is 2.04. The van der Waals surface area contributed by atoms with Gasteiger partial charge in [0.25, 0.3) is 0 Å². The Bertz CT molecular complexity index is 701. The van der Waals surface area contributed by atoms with Gasteiger partial charge in [0.05, 0.1) is 31.2 Å². The van der Waals surface area contributed by atoms with E-state index in [0.29, 0.717) is 13.2 Å². The number of carbonyl (C=O) groups excluding carboxylic acids is 2. The highest BCUT2D eigenvalue weighted by Gasteiger charge is 2.67. The fourth-order valence-corrected chi connectivity index (χ4v) is 4.27. The predicted molar refractivity (Wildman–Crippen MR) is 86.9 cm³/mol. The zero-order valence-electron chi connectivity index (χ0n) is 13.8. The van der Waals surface area contributed by atoms with Gasteiger partial charge in [-0.2, -0.15) is 0 Å². The van der Waals surface area contributed by atoms with Crippen LogP contribution >= 0.6 is 0 Å². The lowest BCUT2D eigenvalue weighted by atomic mass is 9.77. The highest BCUT2D eigenvalue weighted by atomic mass is 16.6. The highest BCUT2D eigenvalue weighted by Crippen LogP contribution is 2.53. The SMILES string of the molecule is CCOC(=O)[C@H]1[C@H]2C=CC3(CN(C(C)c4ccccc4)C(=O)[C@@H]13)O2. The van der Waals surface area contributed by atoms with Crippen molar-refractivity contribution < 1.29 is 19.1 Å². The molecule has 4 rings (SSSR count). The van der Waals surface area contributed by atoms with Gasteiger partial charge in [-0.15, -0.1) is 0 Å². The van der Waals surface area contributed by atoms with E-state index in [0.717, 1.165) is 5.56 Å². The van der Waals surface area contributed by atoms with Gasteiger partial charge in [0, 0.05) is 0 Å². The van der Waals surface area contributed by atoms with Crippen molar-refractivity contribution in [1.29, 1.82) is 0 Å². The third-order valence-corrected chi connectivity index (χ3v) is 5.44. The van der Waals surface area contributed by atoms with Crippen LogP contribution < -0.4 is 0 Å². The molecule has 2 saturated heterocycles. The molecule has 3 aliphatic rings. The van der Waals surface area contributed by atoms with Crippen LogP contribution in [0.15, 0.2) is 42.5 Å². The smallest absolute Gasteiger partial charge is 0.312 e. The van der Waals surface area contributed by atoms with E-state index >= 15 is 0 Å². The van der Waals surface area contributed by atoms with Gasteiger partial charge in [-0.05, 0) is 19.4 Å². The molecule has 2 unspecified atom stereocenters. The molecule has 1 amide bonds. The normalized spacial score (nSPS) is 34.5. The summed E-state index contributed by atoms with van der Waals surface area (Å²) in [6, 6.07) is 9.86. The van der Waals surface area contributed by atoms with Crippen LogP contribution in [0.3, 0.4) is 0 Å². The largest absolute Gasteiger partial charge is 0.466 e. The second-order valence-corrected chi connectivity index (χ2v) is 6.70. The van der Waals surface area contributed by atoms with Gasteiger partial charge in [0.15, 0.2) is 0 Å². The van der Waals surface area contributed by atoms with Crippen molar-refractivity contribution in [3.8, 4) is 0 Å². The van der Waals surface area contributed by atoms with Crippen molar-refractivity contribution in [2.75, 3.05) is 13.2 Å². The first-order valence-corrected chi connectivity index (χ1v) is 8.46. The molecule has 3 aliphatic heterocycles. The number of amides is 1. The Morgan fingerprint density at radius 2 is 2.17 bits per heavy atom. The number of hydrogen-bond donors (Lipinski definition) is 0. The summed E-state index contributed by atoms with van der Waals surface area (Å²) in [5.74, 6) is -1.36. The van der Waals surface area contributed by atoms with E-state index in [1.165, 1.54) is 0 Å². The van der Waals surface area contributed by atoms with E-state index in [1.807, 2.05) is 54.3 Å². The van der Waals surface area contributed by atoms with Gasteiger partial charge in [-0.25, -0.2) is 0 Å². The van der Waals surface area contributed by atoms with Crippen molar-refractivity contribution >= 4 is 11.9 Å². The van der Waals surface area contributed by atoms with E-state index in [9.17, 15) is 9.59 Å². The highest BCUT2D eigenvalue weighted by molar-refractivity contribution is 5.91. The van der Waals surface area contributed by atoms with Crippen molar-refractivity contribution in [3.63, 3.8) is 0 Å². The van der Waals surface area contributed by atoms with Crippen molar-refractivity contribution in [2.45, 2.75) is 31.6 Å². The van der Waals surface area contributed by atoms with Crippen LogP contribution in [0.5, 0.6) is 0 Å². The summed E-state index contributed by atoms with van der Waals surface area (Å²) in [4.78, 5) is 27.3. The summed E-state index contributed by atoms with van der Waals surface area (Å²) in [7, 11) is 0. The molecule has 3 heterocycles. The topological polar surface area (TPSA) is 55.8 Å². The number of carbonyl (C=O) groups is 2. The second-order valence-electron chi connectivity index (χ2n) is 6.70. The lowest BCUT2D eigenvalue weighted by molar-refractivity contribution is -0.153. The molecular weight excluding hydrogens is 306 g/mol. The van der Waals surface area contributed by atoms with Gasteiger partial charge in [-0.1, -0.05) is 42.5 Å². The Morgan fingerprint density at radius 1 is 1.42 bits per heavy atom. The minimum Gasteiger partial charge on any atom is -0.466 e. The first-order chi connectivity index (χ1) is 11.6. The van der Waals surface area contributed by atoms with Crippen LogP contribution in [0.25, 0.3) is 0 Å². The molecule has 0 radical (unpaired) electrons.